The summed E-state index contributed by atoms with van der Waals surface area (Å²) in [5, 5.41) is 2.18. The van der Waals surface area contributed by atoms with Crippen molar-refractivity contribution in [3.05, 3.63) is 52.0 Å². The number of carbonyl (C=O) groups is 3. The Morgan fingerprint density at radius 1 is 1.11 bits per heavy atom. The van der Waals surface area contributed by atoms with Crippen LogP contribution in [0, 0.1) is 0 Å². The number of ether oxygens (including phenoxy) is 3. The van der Waals surface area contributed by atoms with Crippen LogP contribution in [0.3, 0.4) is 0 Å². The molecule has 0 atom stereocenters. The summed E-state index contributed by atoms with van der Waals surface area (Å²) in [4.78, 5) is 38.4. The molecule has 0 bridgehead atoms. The minimum Gasteiger partial charge on any atom is -0.496 e. The highest BCUT2D eigenvalue weighted by Crippen LogP contribution is 2.39. The number of carbonyl (C=O) groups excluding carboxylic acids is 3. The van der Waals surface area contributed by atoms with E-state index in [9.17, 15) is 14.4 Å². The Bertz CT molecular complexity index is 1030. The minimum atomic E-state index is -0.813. The Labute approximate surface area is 167 Å². The van der Waals surface area contributed by atoms with Gasteiger partial charge in [-0.3, -0.25) is 14.9 Å². The molecule has 9 heteroatoms. The number of anilines is 1. The average Bonchev–Trinajstić information content (AvgIpc) is 3.13. The lowest BCUT2D eigenvalue weighted by molar-refractivity contribution is -0.122. The molecule has 0 radical (unpaired) electrons. The normalized spacial score (nSPS) is 17.1. The number of methoxy groups -OCH3 is 1. The van der Waals surface area contributed by atoms with Gasteiger partial charge in [-0.2, -0.15) is 0 Å². The van der Waals surface area contributed by atoms with Crippen molar-refractivity contribution >= 4 is 45.5 Å². The first-order valence-electron chi connectivity index (χ1n) is 8.12. The van der Waals surface area contributed by atoms with E-state index < -0.39 is 17.8 Å². The largest absolute Gasteiger partial charge is 0.496 e. The minimum absolute atomic E-state index is 0.0732. The summed E-state index contributed by atoms with van der Waals surface area (Å²) in [6.45, 7) is 0.0732. The number of hydrogen-bond acceptors (Lipinski definition) is 6. The number of urea groups is 1. The lowest BCUT2D eigenvalue weighted by Gasteiger charge is -2.26. The van der Waals surface area contributed by atoms with Crippen molar-refractivity contribution in [1.29, 1.82) is 0 Å². The van der Waals surface area contributed by atoms with Gasteiger partial charge in [0.2, 0.25) is 6.79 Å². The Morgan fingerprint density at radius 2 is 1.79 bits per heavy atom. The third kappa shape index (κ3) is 3.09. The Morgan fingerprint density at radius 3 is 2.46 bits per heavy atom. The number of barbiturate groups is 1. The fraction of sp³-hybridized carbons (Fsp3) is 0.105. The third-order valence-corrected chi connectivity index (χ3v) is 4.74. The molecule has 4 rings (SSSR count). The van der Waals surface area contributed by atoms with Gasteiger partial charge in [-0.1, -0.05) is 15.9 Å². The number of hydrogen-bond donors (Lipinski definition) is 1. The molecule has 2 aromatic carbocycles. The van der Waals surface area contributed by atoms with Crippen molar-refractivity contribution in [3.8, 4) is 17.2 Å². The van der Waals surface area contributed by atoms with Crippen molar-refractivity contribution < 1.29 is 28.6 Å². The zero-order chi connectivity index (χ0) is 19.8. The van der Waals surface area contributed by atoms with E-state index in [4.69, 9.17) is 14.2 Å². The standard InChI is InChI=1S/C19H13BrN2O6/c1-26-14-8-16-15(27-9-28-16)7-10(14)6-13-17(23)21-19(25)22(18(13)24)12-4-2-11(20)3-5-12/h2-8H,9H2,1H3,(H,21,23,25)/b13-6+. The summed E-state index contributed by atoms with van der Waals surface area (Å²) in [6, 6.07) is 8.97. The molecule has 2 aliphatic heterocycles. The SMILES string of the molecule is COc1cc2c(cc1/C=C1\C(=O)NC(=O)N(c3ccc(Br)cc3)C1=O)OCO2. The highest BCUT2D eigenvalue weighted by molar-refractivity contribution is 9.10. The van der Waals surface area contributed by atoms with Crippen molar-refractivity contribution in [2.45, 2.75) is 0 Å². The fourth-order valence-electron chi connectivity index (χ4n) is 2.87. The van der Waals surface area contributed by atoms with Crippen LogP contribution in [0.5, 0.6) is 17.2 Å². The molecule has 142 valence electrons. The van der Waals surface area contributed by atoms with E-state index in [-0.39, 0.29) is 12.4 Å². The van der Waals surface area contributed by atoms with E-state index in [0.717, 1.165) is 9.37 Å². The first kappa shape index (κ1) is 18.1. The number of fused-ring (bicyclic) bond motifs is 1. The number of nitrogens with zero attached hydrogens (tertiary/aromatic N) is 1. The molecule has 1 saturated heterocycles. The van der Waals surface area contributed by atoms with Crippen LogP contribution < -0.4 is 24.4 Å². The lowest BCUT2D eigenvalue weighted by atomic mass is 10.1. The maximum atomic E-state index is 12.9. The number of imide groups is 2. The summed E-state index contributed by atoms with van der Waals surface area (Å²) in [7, 11) is 1.46. The van der Waals surface area contributed by atoms with Crippen molar-refractivity contribution in [3.63, 3.8) is 0 Å². The zero-order valence-electron chi connectivity index (χ0n) is 14.5. The summed E-state index contributed by atoms with van der Waals surface area (Å²) in [5.74, 6) is -0.162. The maximum Gasteiger partial charge on any atom is 0.335 e. The molecule has 0 spiro atoms. The monoisotopic (exact) mass is 444 g/mol. The highest BCUT2D eigenvalue weighted by Gasteiger charge is 2.37. The van der Waals surface area contributed by atoms with E-state index >= 15 is 0 Å². The summed E-state index contributed by atoms with van der Waals surface area (Å²) in [6.07, 6.45) is 1.36. The number of benzene rings is 2. The maximum absolute atomic E-state index is 12.9. The van der Waals surface area contributed by atoms with Gasteiger partial charge in [-0.25, -0.2) is 9.69 Å². The molecule has 0 aliphatic carbocycles. The van der Waals surface area contributed by atoms with Gasteiger partial charge in [-0.15, -0.1) is 0 Å². The van der Waals surface area contributed by atoms with Gasteiger partial charge in [0.25, 0.3) is 11.8 Å². The molecule has 2 heterocycles. The number of rotatable bonds is 3. The molecule has 0 unspecified atom stereocenters. The highest BCUT2D eigenvalue weighted by atomic mass is 79.9. The molecular weight excluding hydrogens is 432 g/mol. The number of nitrogens with one attached hydrogen (secondary N) is 1. The summed E-state index contributed by atoms with van der Waals surface area (Å²) >= 11 is 3.30. The predicted molar refractivity (Wildman–Crippen MR) is 102 cm³/mol. The summed E-state index contributed by atoms with van der Waals surface area (Å²) in [5.41, 5.74) is 0.566. The van der Waals surface area contributed by atoms with E-state index in [1.165, 1.54) is 13.2 Å². The molecule has 8 nitrogen and oxygen atoms in total. The van der Waals surface area contributed by atoms with Gasteiger partial charge in [0, 0.05) is 16.1 Å². The van der Waals surface area contributed by atoms with E-state index in [1.807, 2.05) is 0 Å². The quantitative estimate of drug-likeness (QED) is 0.577. The average molecular weight is 445 g/mol. The zero-order valence-corrected chi connectivity index (χ0v) is 16.1. The topological polar surface area (TPSA) is 94.2 Å². The van der Waals surface area contributed by atoms with E-state index in [2.05, 4.69) is 21.2 Å². The van der Waals surface area contributed by atoms with Gasteiger partial charge in [0.1, 0.15) is 11.3 Å². The number of halogens is 1. The Hall–Kier alpha value is -3.33. The smallest absolute Gasteiger partial charge is 0.335 e. The molecule has 4 amide bonds. The fourth-order valence-corrected chi connectivity index (χ4v) is 3.13. The molecule has 0 saturated carbocycles. The van der Waals surface area contributed by atoms with Crippen molar-refractivity contribution in [2.24, 2.45) is 0 Å². The Balaban J connectivity index is 1.76. The molecule has 0 aromatic heterocycles. The van der Waals surface area contributed by atoms with Crippen LogP contribution in [0.2, 0.25) is 0 Å². The predicted octanol–water partition coefficient (Wildman–Crippen LogP) is 2.85. The van der Waals surface area contributed by atoms with Crippen LogP contribution in [0.15, 0.2) is 46.4 Å². The molecule has 2 aliphatic rings. The van der Waals surface area contributed by atoms with Gasteiger partial charge in [-0.05, 0) is 36.4 Å². The van der Waals surface area contributed by atoms with E-state index in [1.54, 1.807) is 36.4 Å². The van der Waals surface area contributed by atoms with Gasteiger partial charge in [0.15, 0.2) is 11.5 Å². The van der Waals surface area contributed by atoms with Gasteiger partial charge < -0.3 is 14.2 Å². The van der Waals surface area contributed by atoms with Crippen LogP contribution in [0.1, 0.15) is 5.56 Å². The van der Waals surface area contributed by atoms with Crippen LogP contribution >= 0.6 is 15.9 Å². The lowest BCUT2D eigenvalue weighted by Crippen LogP contribution is -2.54. The number of amides is 4. The van der Waals surface area contributed by atoms with Gasteiger partial charge >= 0.3 is 6.03 Å². The first-order valence-corrected chi connectivity index (χ1v) is 8.92. The molecular formula is C19H13BrN2O6. The van der Waals surface area contributed by atoms with Crippen LogP contribution in [0.25, 0.3) is 6.08 Å². The second-order valence-corrected chi connectivity index (χ2v) is 6.80. The van der Waals surface area contributed by atoms with Crippen molar-refractivity contribution in [1.82, 2.24) is 5.32 Å². The third-order valence-electron chi connectivity index (χ3n) is 4.21. The van der Waals surface area contributed by atoms with Crippen LogP contribution in [-0.2, 0) is 9.59 Å². The van der Waals surface area contributed by atoms with E-state index in [0.29, 0.717) is 28.5 Å². The Kier molecular flexibility index (Phi) is 4.52. The molecule has 1 N–H and O–H groups in total. The molecule has 1 fully saturated rings. The van der Waals surface area contributed by atoms with Crippen LogP contribution in [0.4, 0.5) is 10.5 Å². The van der Waals surface area contributed by atoms with Crippen LogP contribution in [-0.4, -0.2) is 31.7 Å². The molecule has 2 aromatic rings. The second-order valence-electron chi connectivity index (χ2n) is 5.88. The first-order chi connectivity index (χ1) is 13.5. The van der Waals surface area contributed by atoms with Crippen molar-refractivity contribution in [2.75, 3.05) is 18.8 Å². The second kappa shape index (κ2) is 7.01. The molecule has 28 heavy (non-hydrogen) atoms. The summed E-state index contributed by atoms with van der Waals surface area (Å²) < 4.78 is 16.7. The van der Waals surface area contributed by atoms with Gasteiger partial charge in [0.05, 0.1) is 12.8 Å².